The van der Waals surface area contributed by atoms with E-state index >= 15 is 0 Å². The number of nitrogens with one attached hydrogen (secondary N) is 1. The van der Waals surface area contributed by atoms with E-state index in [0.717, 1.165) is 5.56 Å². The molecule has 23 heavy (non-hydrogen) atoms. The lowest BCUT2D eigenvalue weighted by atomic mass is 10.00. The first-order valence-electron chi connectivity index (χ1n) is 7.34. The van der Waals surface area contributed by atoms with Gasteiger partial charge in [-0.1, -0.05) is 19.1 Å². The molecule has 2 aromatic carbocycles. The van der Waals surface area contributed by atoms with E-state index < -0.39 is 0 Å². The molecule has 0 saturated heterocycles. The van der Waals surface area contributed by atoms with Crippen LogP contribution >= 0.6 is 0 Å². The summed E-state index contributed by atoms with van der Waals surface area (Å²) < 4.78 is 10.5. The average Bonchev–Trinajstić information content (AvgIpc) is 2.54. The van der Waals surface area contributed by atoms with E-state index in [9.17, 15) is 9.90 Å². The Hall–Kier alpha value is -2.69. The van der Waals surface area contributed by atoms with E-state index in [0.29, 0.717) is 23.6 Å². The number of carbonyl (C=O) groups excluding carboxylic acids is 1. The van der Waals surface area contributed by atoms with Gasteiger partial charge in [-0.3, -0.25) is 4.79 Å². The van der Waals surface area contributed by atoms with Gasteiger partial charge in [0, 0.05) is 17.7 Å². The first kappa shape index (κ1) is 16.7. The maximum Gasteiger partial charge on any atom is 0.227 e. The van der Waals surface area contributed by atoms with Crippen LogP contribution in [0, 0.1) is 5.92 Å². The number of phenols is 1. The fraction of sp³-hybridized carbons (Fsp3) is 0.278. The van der Waals surface area contributed by atoms with Crippen molar-refractivity contribution in [2.75, 3.05) is 19.5 Å². The smallest absolute Gasteiger partial charge is 0.227 e. The molecule has 0 fully saturated rings. The molecule has 0 aliphatic heterocycles. The molecule has 0 aromatic heterocycles. The van der Waals surface area contributed by atoms with Crippen LogP contribution in [0.4, 0.5) is 5.69 Å². The van der Waals surface area contributed by atoms with Crippen LogP contribution in [0.3, 0.4) is 0 Å². The minimum Gasteiger partial charge on any atom is -0.508 e. The van der Waals surface area contributed by atoms with Crippen LogP contribution in [0.2, 0.25) is 0 Å². The van der Waals surface area contributed by atoms with Crippen molar-refractivity contribution in [1.29, 1.82) is 0 Å². The molecule has 0 aliphatic carbocycles. The molecule has 0 heterocycles. The summed E-state index contributed by atoms with van der Waals surface area (Å²) >= 11 is 0. The van der Waals surface area contributed by atoms with Gasteiger partial charge in [0.2, 0.25) is 5.91 Å². The lowest BCUT2D eigenvalue weighted by molar-refractivity contribution is -0.119. The van der Waals surface area contributed by atoms with Crippen LogP contribution in [0.1, 0.15) is 12.5 Å². The van der Waals surface area contributed by atoms with Crippen molar-refractivity contribution in [3.05, 3.63) is 48.0 Å². The van der Waals surface area contributed by atoms with Crippen molar-refractivity contribution in [1.82, 2.24) is 0 Å². The third-order valence-electron chi connectivity index (χ3n) is 3.55. The SMILES string of the molecule is COc1ccc(CC(C)C(=O)Nc2cccc(O)c2)cc1OC. The molecule has 2 aromatic rings. The van der Waals surface area contributed by atoms with Crippen molar-refractivity contribution in [2.24, 2.45) is 5.92 Å². The molecule has 0 bridgehead atoms. The number of amides is 1. The normalized spacial score (nSPS) is 11.6. The summed E-state index contributed by atoms with van der Waals surface area (Å²) in [5, 5.41) is 12.2. The van der Waals surface area contributed by atoms with Gasteiger partial charge in [0.1, 0.15) is 5.75 Å². The highest BCUT2D eigenvalue weighted by Gasteiger charge is 2.15. The fourth-order valence-electron chi connectivity index (χ4n) is 2.30. The fourth-order valence-corrected chi connectivity index (χ4v) is 2.30. The number of hydrogen-bond acceptors (Lipinski definition) is 4. The highest BCUT2D eigenvalue weighted by atomic mass is 16.5. The van der Waals surface area contributed by atoms with Gasteiger partial charge in [-0.25, -0.2) is 0 Å². The Morgan fingerprint density at radius 2 is 1.87 bits per heavy atom. The van der Waals surface area contributed by atoms with E-state index in [2.05, 4.69) is 5.32 Å². The number of phenolic OH excluding ortho intramolecular Hbond substituents is 1. The molecule has 1 amide bonds. The zero-order chi connectivity index (χ0) is 16.8. The quantitative estimate of drug-likeness (QED) is 0.859. The maximum atomic E-state index is 12.3. The third kappa shape index (κ3) is 4.39. The summed E-state index contributed by atoms with van der Waals surface area (Å²) in [6.45, 7) is 1.86. The van der Waals surface area contributed by atoms with E-state index in [1.807, 2.05) is 25.1 Å². The van der Waals surface area contributed by atoms with Crippen LogP contribution in [0.25, 0.3) is 0 Å². The monoisotopic (exact) mass is 315 g/mol. The van der Waals surface area contributed by atoms with Crippen LogP contribution in [-0.2, 0) is 11.2 Å². The Morgan fingerprint density at radius 1 is 1.13 bits per heavy atom. The first-order chi connectivity index (χ1) is 11.0. The largest absolute Gasteiger partial charge is 0.508 e. The van der Waals surface area contributed by atoms with Crippen molar-refractivity contribution < 1.29 is 19.4 Å². The average molecular weight is 315 g/mol. The Kier molecular flexibility index (Phi) is 5.46. The zero-order valence-electron chi connectivity index (χ0n) is 13.5. The number of rotatable bonds is 6. The highest BCUT2D eigenvalue weighted by molar-refractivity contribution is 5.92. The van der Waals surface area contributed by atoms with Gasteiger partial charge in [0.15, 0.2) is 11.5 Å². The Bertz CT molecular complexity index is 684. The number of ether oxygens (including phenoxy) is 2. The molecule has 0 saturated carbocycles. The summed E-state index contributed by atoms with van der Waals surface area (Å²) in [5.41, 5.74) is 1.57. The molecule has 0 spiro atoms. The maximum absolute atomic E-state index is 12.3. The molecular weight excluding hydrogens is 294 g/mol. The van der Waals surface area contributed by atoms with E-state index in [1.54, 1.807) is 32.4 Å². The van der Waals surface area contributed by atoms with Gasteiger partial charge >= 0.3 is 0 Å². The second-order valence-corrected chi connectivity index (χ2v) is 5.33. The number of anilines is 1. The molecule has 1 atom stereocenters. The van der Waals surface area contributed by atoms with Gasteiger partial charge in [-0.15, -0.1) is 0 Å². The van der Waals surface area contributed by atoms with Crippen LogP contribution in [-0.4, -0.2) is 25.2 Å². The minimum absolute atomic E-state index is 0.106. The van der Waals surface area contributed by atoms with Gasteiger partial charge in [0.25, 0.3) is 0 Å². The Morgan fingerprint density at radius 3 is 2.52 bits per heavy atom. The molecule has 2 rings (SSSR count). The van der Waals surface area contributed by atoms with E-state index in [1.165, 1.54) is 6.07 Å². The van der Waals surface area contributed by atoms with E-state index in [4.69, 9.17) is 9.47 Å². The van der Waals surface area contributed by atoms with Crippen molar-refractivity contribution >= 4 is 11.6 Å². The lowest BCUT2D eigenvalue weighted by Gasteiger charge is -2.14. The molecule has 2 N–H and O–H groups in total. The number of aromatic hydroxyl groups is 1. The standard InChI is InChI=1S/C18H21NO4/c1-12(18(21)19-14-5-4-6-15(20)11-14)9-13-7-8-16(22-2)17(10-13)23-3/h4-8,10-12,20H,9H2,1-3H3,(H,19,21). The van der Waals surface area contributed by atoms with Crippen LogP contribution in [0.15, 0.2) is 42.5 Å². The zero-order valence-corrected chi connectivity index (χ0v) is 13.5. The van der Waals surface area contributed by atoms with Gasteiger partial charge in [-0.05, 0) is 36.2 Å². The molecular formula is C18H21NO4. The number of hydrogen-bond donors (Lipinski definition) is 2. The summed E-state index contributed by atoms with van der Waals surface area (Å²) in [6.07, 6.45) is 0.574. The number of benzene rings is 2. The summed E-state index contributed by atoms with van der Waals surface area (Å²) in [4.78, 5) is 12.3. The molecule has 0 radical (unpaired) electrons. The second kappa shape index (κ2) is 7.54. The lowest BCUT2D eigenvalue weighted by Crippen LogP contribution is -2.22. The Balaban J connectivity index is 2.03. The van der Waals surface area contributed by atoms with Gasteiger partial charge in [-0.2, -0.15) is 0 Å². The number of carbonyl (C=O) groups is 1. The molecule has 0 aliphatic rings. The van der Waals surface area contributed by atoms with Crippen LogP contribution < -0.4 is 14.8 Å². The molecule has 1 unspecified atom stereocenters. The molecule has 122 valence electrons. The third-order valence-corrected chi connectivity index (χ3v) is 3.55. The summed E-state index contributed by atoms with van der Waals surface area (Å²) in [7, 11) is 3.17. The highest BCUT2D eigenvalue weighted by Crippen LogP contribution is 2.28. The minimum atomic E-state index is -0.226. The van der Waals surface area contributed by atoms with Crippen molar-refractivity contribution in [3.8, 4) is 17.2 Å². The van der Waals surface area contributed by atoms with Crippen LogP contribution in [0.5, 0.6) is 17.2 Å². The van der Waals surface area contributed by atoms with E-state index in [-0.39, 0.29) is 17.6 Å². The Labute approximate surface area is 135 Å². The molecule has 5 nitrogen and oxygen atoms in total. The predicted octanol–water partition coefficient (Wildman–Crippen LogP) is 3.23. The predicted molar refractivity (Wildman–Crippen MR) is 89.2 cm³/mol. The topological polar surface area (TPSA) is 67.8 Å². The first-order valence-corrected chi connectivity index (χ1v) is 7.34. The second-order valence-electron chi connectivity index (χ2n) is 5.33. The summed E-state index contributed by atoms with van der Waals surface area (Å²) in [6, 6.07) is 12.1. The van der Waals surface area contributed by atoms with Crippen molar-refractivity contribution in [3.63, 3.8) is 0 Å². The summed E-state index contributed by atoms with van der Waals surface area (Å²) in [5.74, 6) is 1.09. The van der Waals surface area contributed by atoms with Gasteiger partial charge in [0.05, 0.1) is 14.2 Å². The van der Waals surface area contributed by atoms with Crippen molar-refractivity contribution in [2.45, 2.75) is 13.3 Å². The number of methoxy groups -OCH3 is 2. The molecule has 5 heteroatoms. The van der Waals surface area contributed by atoms with Gasteiger partial charge < -0.3 is 19.9 Å².